The van der Waals surface area contributed by atoms with Crippen molar-refractivity contribution in [3.63, 3.8) is 0 Å². The van der Waals surface area contributed by atoms with Gasteiger partial charge in [0.25, 0.3) is 0 Å². The Bertz CT molecular complexity index is 968. The minimum atomic E-state index is -0.353. The Kier molecular flexibility index (Phi) is 4.50. The Labute approximate surface area is 156 Å². The van der Waals surface area contributed by atoms with Gasteiger partial charge in [0.1, 0.15) is 23.1 Å². The molecule has 2 heterocycles. The second-order valence-corrected chi connectivity index (χ2v) is 6.43. The molecule has 0 saturated carbocycles. The summed E-state index contributed by atoms with van der Waals surface area (Å²) in [4.78, 5) is 18.7. The fourth-order valence-corrected chi connectivity index (χ4v) is 3.04. The van der Waals surface area contributed by atoms with Gasteiger partial charge in [-0.25, -0.2) is 14.2 Å². The van der Waals surface area contributed by atoms with Gasteiger partial charge in [-0.05, 0) is 43.3 Å². The summed E-state index contributed by atoms with van der Waals surface area (Å²) in [6.45, 7) is 3.81. The standard InChI is InChI=1S/C20H19FN4O2/c1-14-12-24-9-10-25(13-19(24)22-14)20(26)23-16-5-7-17(8-6-16)27-18-4-2-3-15(21)11-18/h2-8,11-12H,9-10,13H2,1H3,(H,23,26). The maximum atomic E-state index is 13.2. The number of urea groups is 1. The Morgan fingerprint density at radius 2 is 1.96 bits per heavy atom. The first kappa shape index (κ1) is 17.1. The number of amides is 2. The summed E-state index contributed by atoms with van der Waals surface area (Å²) in [6, 6.07) is 12.7. The first-order valence-corrected chi connectivity index (χ1v) is 8.69. The second kappa shape index (κ2) is 7.11. The zero-order valence-corrected chi connectivity index (χ0v) is 14.9. The molecule has 0 fully saturated rings. The average molecular weight is 366 g/mol. The molecule has 1 aliphatic heterocycles. The van der Waals surface area contributed by atoms with Crippen molar-refractivity contribution >= 4 is 11.7 Å². The van der Waals surface area contributed by atoms with E-state index < -0.39 is 0 Å². The molecule has 1 aliphatic rings. The van der Waals surface area contributed by atoms with E-state index in [1.807, 2.05) is 13.1 Å². The molecule has 0 atom stereocenters. The van der Waals surface area contributed by atoms with Crippen molar-refractivity contribution in [1.29, 1.82) is 0 Å². The van der Waals surface area contributed by atoms with Crippen LogP contribution < -0.4 is 10.1 Å². The highest BCUT2D eigenvalue weighted by Gasteiger charge is 2.22. The van der Waals surface area contributed by atoms with Crippen LogP contribution in [0.15, 0.2) is 54.7 Å². The number of carbonyl (C=O) groups is 1. The number of aromatic nitrogens is 2. The zero-order valence-electron chi connectivity index (χ0n) is 14.9. The SMILES string of the molecule is Cc1cn2c(n1)CN(C(=O)Nc1ccc(Oc3cccc(F)c3)cc1)CC2. The van der Waals surface area contributed by atoms with Crippen LogP contribution in [-0.2, 0) is 13.1 Å². The van der Waals surface area contributed by atoms with Crippen molar-refractivity contribution in [2.24, 2.45) is 0 Å². The zero-order chi connectivity index (χ0) is 18.8. The van der Waals surface area contributed by atoms with Gasteiger partial charge in [-0.2, -0.15) is 0 Å². The van der Waals surface area contributed by atoms with E-state index in [0.29, 0.717) is 30.3 Å². The molecule has 7 heteroatoms. The molecule has 0 spiro atoms. The summed E-state index contributed by atoms with van der Waals surface area (Å²) in [5.74, 6) is 1.53. The molecule has 0 bridgehead atoms. The molecular formula is C20H19FN4O2. The number of nitrogens with zero attached hydrogens (tertiary/aromatic N) is 3. The fraction of sp³-hybridized carbons (Fsp3) is 0.200. The number of anilines is 1. The number of ether oxygens (including phenoxy) is 1. The molecule has 138 valence electrons. The van der Waals surface area contributed by atoms with Gasteiger partial charge in [0, 0.05) is 31.0 Å². The first-order chi connectivity index (χ1) is 13.1. The van der Waals surface area contributed by atoms with Gasteiger partial charge in [-0.15, -0.1) is 0 Å². The summed E-state index contributed by atoms with van der Waals surface area (Å²) in [5, 5.41) is 2.88. The number of hydrogen-bond acceptors (Lipinski definition) is 3. The van der Waals surface area contributed by atoms with Gasteiger partial charge in [0.05, 0.1) is 12.2 Å². The highest BCUT2D eigenvalue weighted by Crippen LogP contribution is 2.24. The van der Waals surface area contributed by atoms with Crippen LogP contribution in [0.1, 0.15) is 11.5 Å². The lowest BCUT2D eigenvalue weighted by atomic mass is 10.3. The van der Waals surface area contributed by atoms with Crippen LogP contribution in [0.4, 0.5) is 14.9 Å². The molecule has 2 amide bonds. The number of carbonyl (C=O) groups excluding carboxylic acids is 1. The predicted molar refractivity (Wildman–Crippen MR) is 99.3 cm³/mol. The molecule has 6 nitrogen and oxygen atoms in total. The normalized spacial score (nSPS) is 13.2. The van der Waals surface area contributed by atoms with Gasteiger partial charge in [-0.1, -0.05) is 6.07 Å². The fourth-order valence-electron chi connectivity index (χ4n) is 3.04. The van der Waals surface area contributed by atoms with E-state index in [2.05, 4.69) is 14.9 Å². The number of aryl methyl sites for hydroxylation is 1. The van der Waals surface area contributed by atoms with Crippen LogP contribution in [0.5, 0.6) is 11.5 Å². The van der Waals surface area contributed by atoms with E-state index in [1.165, 1.54) is 12.1 Å². The van der Waals surface area contributed by atoms with Crippen LogP contribution in [0.3, 0.4) is 0 Å². The summed E-state index contributed by atoms with van der Waals surface area (Å²) in [7, 11) is 0. The van der Waals surface area contributed by atoms with Gasteiger partial charge in [0.15, 0.2) is 0 Å². The van der Waals surface area contributed by atoms with Crippen LogP contribution in [-0.4, -0.2) is 27.0 Å². The lowest BCUT2D eigenvalue weighted by molar-refractivity contribution is 0.195. The molecule has 0 saturated heterocycles. The van der Waals surface area contributed by atoms with Crippen molar-refractivity contribution in [3.8, 4) is 11.5 Å². The molecule has 0 radical (unpaired) electrons. The predicted octanol–water partition coefficient (Wildman–Crippen LogP) is 4.17. The molecule has 27 heavy (non-hydrogen) atoms. The van der Waals surface area contributed by atoms with Crippen LogP contribution >= 0.6 is 0 Å². The number of halogens is 1. The largest absolute Gasteiger partial charge is 0.457 e. The summed E-state index contributed by atoms with van der Waals surface area (Å²) < 4.78 is 20.9. The van der Waals surface area contributed by atoms with E-state index in [1.54, 1.807) is 41.3 Å². The van der Waals surface area contributed by atoms with E-state index in [9.17, 15) is 9.18 Å². The third-order valence-electron chi connectivity index (χ3n) is 4.35. The van der Waals surface area contributed by atoms with E-state index >= 15 is 0 Å². The monoisotopic (exact) mass is 366 g/mol. The number of rotatable bonds is 3. The van der Waals surface area contributed by atoms with Crippen molar-refractivity contribution < 1.29 is 13.9 Å². The minimum Gasteiger partial charge on any atom is -0.457 e. The lowest BCUT2D eigenvalue weighted by Crippen LogP contribution is -2.40. The molecular weight excluding hydrogens is 347 g/mol. The number of imidazole rings is 1. The Morgan fingerprint density at radius 1 is 1.15 bits per heavy atom. The maximum Gasteiger partial charge on any atom is 0.322 e. The molecule has 3 aromatic rings. The van der Waals surface area contributed by atoms with E-state index in [4.69, 9.17) is 4.74 Å². The maximum absolute atomic E-state index is 13.2. The van der Waals surface area contributed by atoms with Crippen LogP contribution in [0, 0.1) is 12.7 Å². The Balaban J connectivity index is 1.37. The Morgan fingerprint density at radius 3 is 2.74 bits per heavy atom. The van der Waals surface area contributed by atoms with Crippen LogP contribution in [0.2, 0.25) is 0 Å². The molecule has 0 unspecified atom stereocenters. The molecule has 4 rings (SSSR count). The quantitative estimate of drug-likeness (QED) is 0.757. The number of benzene rings is 2. The topological polar surface area (TPSA) is 59.4 Å². The third-order valence-corrected chi connectivity index (χ3v) is 4.35. The summed E-state index contributed by atoms with van der Waals surface area (Å²) >= 11 is 0. The van der Waals surface area contributed by atoms with Crippen molar-refractivity contribution in [2.45, 2.75) is 20.0 Å². The Hall–Kier alpha value is -3.35. The highest BCUT2D eigenvalue weighted by atomic mass is 19.1. The minimum absolute atomic E-state index is 0.166. The smallest absolute Gasteiger partial charge is 0.322 e. The first-order valence-electron chi connectivity index (χ1n) is 8.69. The summed E-state index contributed by atoms with van der Waals surface area (Å²) in [5.41, 5.74) is 1.62. The highest BCUT2D eigenvalue weighted by molar-refractivity contribution is 5.89. The third kappa shape index (κ3) is 3.92. The number of hydrogen-bond donors (Lipinski definition) is 1. The van der Waals surface area contributed by atoms with E-state index in [0.717, 1.165) is 18.1 Å². The molecule has 1 aromatic heterocycles. The summed E-state index contributed by atoms with van der Waals surface area (Å²) in [6.07, 6.45) is 2.00. The average Bonchev–Trinajstić information content (AvgIpc) is 3.02. The van der Waals surface area contributed by atoms with Gasteiger partial charge < -0.3 is 19.5 Å². The second-order valence-electron chi connectivity index (χ2n) is 6.43. The van der Waals surface area contributed by atoms with E-state index in [-0.39, 0.29) is 11.8 Å². The van der Waals surface area contributed by atoms with Gasteiger partial charge >= 0.3 is 6.03 Å². The van der Waals surface area contributed by atoms with Crippen molar-refractivity contribution in [2.75, 3.05) is 11.9 Å². The van der Waals surface area contributed by atoms with Gasteiger partial charge in [-0.3, -0.25) is 0 Å². The molecule has 2 aromatic carbocycles. The van der Waals surface area contributed by atoms with Crippen molar-refractivity contribution in [3.05, 3.63) is 72.1 Å². The van der Waals surface area contributed by atoms with Gasteiger partial charge in [0.2, 0.25) is 0 Å². The number of nitrogens with one attached hydrogen (secondary N) is 1. The number of fused-ring (bicyclic) bond motifs is 1. The lowest BCUT2D eigenvalue weighted by Gasteiger charge is -2.27. The molecule has 0 aliphatic carbocycles. The van der Waals surface area contributed by atoms with Crippen LogP contribution in [0.25, 0.3) is 0 Å². The van der Waals surface area contributed by atoms with Crippen molar-refractivity contribution in [1.82, 2.24) is 14.5 Å². The molecule has 1 N–H and O–H groups in total.